The lowest BCUT2D eigenvalue weighted by atomic mass is 9.83. The van der Waals surface area contributed by atoms with Crippen LogP contribution in [-0.2, 0) is 11.2 Å². The van der Waals surface area contributed by atoms with Gasteiger partial charge in [-0.2, -0.15) is 0 Å². The van der Waals surface area contributed by atoms with Crippen molar-refractivity contribution in [3.63, 3.8) is 0 Å². The number of carbonyl (C=O) groups excluding carboxylic acids is 1. The van der Waals surface area contributed by atoms with Gasteiger partial charge >= 0.3 is 0 Å². The summed E-state index contributed by atoms with van der Waals surface area (Å²) in [5, 5.41) is 33.9. The second-order valence-electron chi connectivity index (χ2n) is 6.05. The Hall–Kier alpha value is -3.21. The maximum absolute atomic E-state index is 13.4. The molecule has 0 saturated heterocycles. The predicted octanol–water partition coefficient (Wildman–Crippen LogP) is 0.107. The Morgan fingerprint density at radius 3 is 3.07 bits per heavy atom. The molecule has 1 aromatic heterocycles. The molecular formula is C16H18FN5O5. The number of aromatic nitrogens is 2. The van der Waals surface area contributed by atoms with Crippen LogP contribution < -0.4 is 15.4 Å². The maximum atomic E-state index is 13.4. The zero-order valence-electron chi connectivity index (χ0n) is 14.3. The Morgan fingerprint density at radius 1 is 1.52 bits per heavy atom. The van der Waals surface area contributed by atoms with E-state index in [4.69, 9.17) is 9.84 Å². The minimum atomic E-state index is -0.482. The number of nitrogens with one attached hydrogen (secondary N) is 2. The zero-order valence-corrected chi connectivity index (χ0v) is 14.3. The van der Waals surface area contributed by atoms with Crippen LogP contribution in [0, 0.1) is 5.82 Å². The maximum Gasteiger partial charge on any atom is 0.287 e. The largest absolute Gasteiger partial charge is 0.464 e. The average molecular weight is 379 g/mol. The molecule has 2 atom stereocenters. The molecule has 0 radical (unpaired) electrons. The normalized spacial score (nSPS) is 16.9. The number of carbonyl (C=O) groups is 1. The zero-order chi connectivity index (χ0) is 19.4. The van der Waals surface area contributed by atoms with Gasteiger partial charge < -0.3 is 25.7 Å². The first kappa shape index (κ1) is 18.6. The van der Waals surface area contributed by atoms with E-state index in [9.17, 15) is 14.4 Å². The van der Waals surface area contributed by atoms with E-state index in [-0.39, 0.29) is 35.9 Å². The van der Waals surface area contributed by atoms with Crippen LogP contribution in [0.5, 0.6) is 5.88 Å². The molecule has 0 aliphatic heterocycles. The molecule has 144 valence electrons. The summed E-state index contributed by atoms with van der Waals surface area (Å²) in [6, 6.07) is 3.77. The minimum absolute atomic E-state index is 0.0367. The highest BCUT2D eigenvalue weighted by molar-refractivity contribution is 5.98. The first-order valence-corrected chi connectivity index (χ1v) is 8.14. The molecule has 0 unspecified atom stereocenters. The van der Waals surface area contributed by atoms with E-state index >= 15 is 0 Å². The van der Waals surface area contributed by atoms with Crippen molar-refractivity contribution < 1.29 is 28.9 Å². The number of oxime groups is 1. The summed E-state index contributed by atoms with van der Waals surface area (Å²) in [5.41, 5.74) is 1.69. The van der Waals surface area contributed by atoms with Gasteiger partial charge in [0.25, 0.3) is 11.8 Å². The third kappa shape index (κ3) is 4.14. The van der Waals surface area contributed by atoms with Crippen molar-refractivity contribution in [2.75, 3.05) is 13.2 Å². The lowest BCUT2D eigenvalue weighted by Crippen LogP contribution is -2.38. The summed E-state index contributed by atoms with van der Waals surface area (Å²) < 4.78 is 23.2. The van der Waals surface area contributed by atoms with Crippen molar-refractivity contribution >= 4 is 11.7 Å². The van der Waals surface area contributed by atoms with Gasteiger partial charge in [0.1, 0.15) is 5.82 Å². The third-order valence-corrected chi connectivity index (χ3v) is 4.02. The highest BCUT2D eigenvalue weighted by Crippen LogP contribution is 2.33. The summed E-state index contributed by atoms with van der Waals surface area (Å²) >= 11 is 0. The minimum Gasteiger partial charge on any atom is -0.464 e. The number of aliphatic hydroxyl groups excluding tert-OH is 1. The van der Waals surface area contributed by atoms with E-state index in [2.05, 4.69) is 30.7 Å². The van der Waals surface area contributed by atoms with E-state index in [0.29, 0.717) is 6.42 Å². The van der Waals surface area contributed by atoms with Gasteiger partial charge in [-0.25, -0.2) is 9.02 Å². The van der Waals surface area contributed by atoms with Crippen molar-refractivity contribution in [1.82, 2.24) is 20.9 Å². The number of fused-ring (bicyclic) bond motifs is 1. The molecule has 10 nitrogen and oxygen atoms in total. The van der Waals surface area contributed by atoms with Crippen LogP contribution in [-0.4, -0.2) is 51.6 Å². The molecule has 0 spiro atoms. The number of rotatable bonds is 7. The van der Waals surface area contributed by atoms with Crippen molar-refractivity contribution in [3.8, 4) is 5.88 Å². The molecule has 27 heavy (non-hydrogen) atoms. The summed E-state index contributed by atoms with van der Waals surface area (Å²) in [5.74, 6) is -1.08. The van der Waals surface area contributed by atoms with Crippen molar-refractivity contribution in [2.45, 2.75) is 25.4 Å². The summed E-state index contributed by atoms with van der Waals surface area (Å²) in [4.78, 5) is 11.7. The van der Waals surface area contributed by atoms with Crippen LogP contribution >= 0.6 is 0 Å². The van der Waals surface area contributed by atoms with Gasteiger partial charge in [0, 0.05) is 6.04 Å². The topological polar surface area (TPSA) is 142 Å². The summed E-state index contributed by atoms with van der Waals surface area (Å²) in [6.07, 6.45) is 0.609. The van der Waals surface area contributed by atoms with Gasteiger partial charge in [-0.05, 0) is 46.9 Å². The van der Waals surface area contributed by atoms with Crippen LogP contribution in [0.2, 0.25) is 0 Å². The van der Waals surface area contributed by atoms with Gasteiger partial charge in [0.2, 0.25) is 11.5 Å². The number of aliphatic hydroxyl groups is 1. The highest BCUT2D eigenvalue weighted by Gasteiger charge is 2.30. The Labute approximate surface area is 153 Å². The van der Waals surface area contributed by atoms with E-state index in [0.717, 1.165) is 11.1 Å². The second kappa shape index (κ2) is 7.99. The highest BCUT2D eigenvalue weighted by atomic mass is 19.1. The SMILES string of the molecule is C[C@H](CO)NC(=O)COc1nonc1/C(=N/O)N[C@H]1Cc2ccc(F)cc21. The van der Waals surface area contributed by atoms with Crippen LogP contribution in [0.25, 0.3) is 0 Å². The Bertz CT molecular complexity index is 855. The quantitative estimate of drug-likeness (QED) is 0.230. The molecule has 0 saturated carbocycles. The summed E-state index contributed by atoms with van der Waals surface area (Å²) in [7, 11) is 0. The van der Waals surface area contributed by atoms with Gasteiger partial charge in [-0.3, -0.25) is 4.79 Å². The van der Waals surface area contributed by atoms with Crippen LogP contribution in [0.4, 0.5) is 4.39 Å². The number of hydrogen-bond acceptors (Lipinski definition) is 8. The van der Waals surface area contributed by atoms with Crippen molar-refractivity contribution in [3.05, 3.63) is 40.8 Å². The molecule has 1 amide bonds. The molecular weight excluding hydrogens is 361 g/mol. The van der Waals surface area contributed by atoms with E-state index in [1.54, 1.807) is 13.0 Å². The fraction of sp³-hybridized carbons (Fsp3) is 0.375. The molecule has 2 aromatic rings. The first-order chi connectivity index (χ1) is 13.0. The molecule has 3 rings (SSSR count). The van der Waals surface area contributed by atoms with Gasteiger partial charge in [-0.15, -0.1) is 0 Å². The molecule has 1 aliphatic rings. The fourth-order valence-corrected chi connectivity index (χ4v) is 2.63. The predicted molar refractivity (Wildman–Crippen MR) is 88.8 cm³/mol. The Balaban J connectivity index is 1.64. The van der Waals surface area contributed by atoms with Crippen LogP contribution in [0.1, 0.15) is 29.8 Å². The van der Waals surface area contributed by atoms with Crippen molar-refractivity contribution in [1.29, 1.82) is 0 Å². The lowest BCUT2D eigenvalue weighted by Gasteiger charge is -2.31. The summed E-state index contributed by atoms with van der Waals surface area (Å²) in [6.45, 7) is 1.01. The van der Waals surface area contributed by atoms with E-state index < -0.39 is 18.6 Å². The monoisotopic (exact) mass is 379 g/mol. The van der Waals surface area contributed by atoms with Gasteiger partial charge in [-0.1, -0.05) is 11.2 Å². The van der Waals surface area contributed by atoms with Crippen LogP contribution in [0.15, 0.2) is 28.0 Å². The molecule has 0 fully saturated rings. The number of amides is 1. The third-order valence-electron chi connectivity index (χ3n) is 4.02. The number of halogens is 1. The number of hydrogen-bond donors (Lipinski definition) is 4. The Kier molecular flexibility index (Phi) is 5.50. The Morgan fingerprint density at radius 2 is 2.33 bits per heavy atom. The molecule has 11 heteroatoms. The number of amidine groups is 1. The first-order valence-electron chi connectivity index (χ1n) is 8.14. The van der Waals surface area contributed by atoms with Crippen molar-refractivity contribution in [2.24, 2.45) is 5.16 Å². The number of ether oxygens (including phenoxy) is 1. The van der Waals surface area contributed by atoms with Gasteiger partial charge in [0.15, 0.2) is 6.61 Å². The molecule has 1 heterocycles. The number of benzene rings is 1. The lowest BCUT2D eigenvalue weighted by molar-refractivity contribution is -0.124. The molecule has 4 N–H and O–H groups in total. The molecule has 1 aliphatic carbocycles. The molecule has 0 bridgehead atoms. The van der Waals surface area contributed by atoms with E-state index in [1.807, 2.05) is 0 Å². The fourth-order valence-electron chi connectivity index (χ4n) is 2.63. The average Bonchev–Trinajstić information content (AvgIpc) is 3.11. The smallest absolute Gasteiger partial charge is 0.287 e. The number of nitrogens with zero attached hydrogens (tertiary/aromatic N) is 3. The standard InChI is InChI=1S/C16H18FN5O5/c1-8(6-23)18-13(24)7-26-16-14(21-27-22-16)15(20-25)19-12-4-9-2-3-10(17)5-11(9)12/h2-3,5,8,12,23,25H,4,6-7H2,1H3,(H,18,24)(H,19,20)/t8-,12+/m1/s1. The molecule has 1 aromatic carbocycles. The van der Waals surface area contributed by atoms with E-state index in [1.165, 1.54) is 12.1 Å². The second-order valence-corrected chi connectivity index (χ2v) is 6.05. The van der Waals surface area contributed by atoms with Gasteiger partial charge in [0.05, 0.1) is 12.6 Å². The van der Waals surface area contributed by atoms with Crippen LogP contribution in [0.3, 0.4) is 0 Å².